The summed E-state index contributed by atoms with van der Waals surface area (Å²) in [5, 5.41) is 19.8. The molecule has 1 aliphatic rings. The highest BCUT2D eigenvalue weighted by Gasteiger charge is 2.28. The molecule has 17 heavy (non-hydrogen) atoms. The second kappa shape index (κ2) is 5.04. The van der Waals surface area contributed by atoms with Crippen LogP contribution in [0.25, 0.3) is 0 Å². The molecule has 0 amide bonds. The van der Waals surface area contributed by atoms with Crippen molar-refractivity contribution >= 4 is 0 Å². The highest BCUT2D eigenvalue weighted by Crippen LogP contribution is 2.28. The fourth-order valence-electron chi connectivity index (χ4n) is 2.19. The fourth-order valence-corrected chi connectivity index (χ4v) is 2.19. The molecule has 0 bridgehead atoms. The largest absolute Gasteiger partial charge is 0.508 e. The molecular weight excluding hydrogens is 216 g/mol. The Balaban J connectivity index is 2.10. The summed E-state index contributed by atoms with van der Waals surface area (Å²) in [6.45, 7) is 4.09. The number of nitrogens with one attached hydrogen (secondary N) is 2. The summed E-state index contributed by atoms with van der Waals surface area (Å²) in [6.07, 6.45) is 0.756. The third-order valence-electron chi connectivity index (χ3n) is 3.12. The van der Waals surface area contributed by atoms with Crippen molar-refractivity contribution in [2.45, 2.75) is 44.9 Å². The number of aliphatic hydroxyl groups excluding tert-OH is 1. The number of hydrogen-bond acceptors (Lipinski definition) is 4. The van der Waals surface area contributed by atoms with Gasteiger partial charge in [-0.15, -0.1) is 0 Å². The van der Waals surface area contributed by atoms with Crippen molar-refractivity contribution in [3.05, 3.63) is 29.3 Å². The molecule has 4 N–H and O–H groups in total. The molecule has 0 saturated heterocycles. The van der Waals surface area contributed by atoms with Gasteiger partial charge in [0, 0.05) is 12.5 Å². The topological polar surface area (TPSA) is 64.5 Å². The first-order valence-electron chi connectivity index (χ1n) is 6.06. The summed E-state index contributed by atoms with van der Waals surface area (Å²) in [5.41, 5.74) is 8.26. The van der Waals surface area contributed by atoms with Gasteiger partial charge in [-0.25, -0.2) is 0 Å². The van der Waals surface area contributed by atoms with Crippen molar-refractivity contribution in [1.82, 2.24) is 10.9 Å². The number of phenols is 1. The summed E-state index contributed by atoms with van der Waals surface area (Å²) in [4.78, 5) is 0. The van der Waals surface area contributed by atoms with Crippen LogP contribution in [0, 0.1) is 0 Å². The van der Waals surface area contributed by atoms with Crippen LogP contribution in [0.1, 0.15) is 25.0 Å². The van der Waals surface area contributed by atoms with Crippen LogP contribution in [0.15, 0.2) is 18.2 Å². The lowest BCUT2D eigenvalue weighted by molar-refractivity contribution is 0.108. The lowest BCUT2D eigenvalue weighted by Gasteiger charge is -2.31. The van der Waals surface area contributed by atoms with Crippen molar-refractivity contribution in [2.75, 3.05) is 0 Å². The van der Waals surface area contributed by atoms with Crippen LogP contribution in [-0.4, -0.2) is 28.4 Å². The Kier molecular flexibility index (Phi) is 3.66. The molecule has 0 heterocycles. The third kappa shape index (κ3) is 2.77. The molecule has 0 fully saturated rings. The molecule has 0 radical (unpaired) electrons. The van der Waals surface area contributed by atoms with Crippen LogP contribution in [0.3, 0.4) is 0 Å². The van der Waals surface area contributed by atoms with Gasteiger partial charge in [-0.2, -0.15) is 0 Å². The lowest BCUT2D eigenvalue weighted by atomic mass is 9.86. The molecule has 1 aliphatic carbocycles. The van der Waals surface area contributed by atoms with Crippen LogP contribution < -0.4 is 10.9 Å². The monoisotopic (exact) mass is 236 g/mol. The minimum absolute atomic E-state index is 0.00769. The highest BCUT2D eigenvalue weighted by molar-refractivity contribution is 5.42. The summed E-state index contributed by atoms with van der Waals surface area (Å²) >= 11 is 0. The fraction of sp³-hybridized carbons (Fsp3) is 0.538. The Bertz CT molecular complexity index is 393. The Morgan fingerprint density at radius 1 is 1.29 bits per heavy atom. The molecular formula is C13H20N2O2. The Hall–Kier alpha value is -1.10. The van der Waals surface area contributed by atoms with Crippen molar-refractivity contribution < 1.29 is 10.2 Å². The lowest BCUT2D eigenvalue weighted by Crippen LogP contribution is -2.53. The first-order valence-corrected chi connectivity index (χ1v) is 6.06. The smallest absolute Gasteiger partial charge is 0.119 e. The summed E-state index contributed by atoms with van der Waals surface area (Å²) < 4.78 is 0. The number of phenolic OH excluding ortho intramolecular Hbond substituents is 1. The van der Waals surface area contributed by atoms with E-state index in [1.807, 2.05) is 26.0 Å². The number of benzene rings is 1. The van der Waals surface area contributed by atoms with Gasteiger partial charge in [-0.3, -0.25) is 10.9 Å². The standard InChI is InChI=1S/C13H20N2O2/c1-8(2)14-15-11-6-9-4-3-5-12(16)10(9)7-13(11)17/h3-5,8,11,13-17H,6-7H2,1-2H3/t11-,13-/m1/s1. The van der Waals surface area contributed by atoms with Gasteiger partial charge in [0.2, 0.25) is 0 Å². The number of aliphatic hydroxyl groups is 1. The van der Waals surface area contributed by atoms with Crippen molar-refractivity contribution in [3.8, 4) is 5.75 Å². The summed E-state index contributed by atoms with van der Waals surface area (Å²) in [7, 11) is 0. The molecule has 4 heteroatoms. The predicted molar refractivity (Wildman–Crippen MR) is 66.7 cm³/mol. The molecule has 0 aromatic heterocycles. The first-order chi connectivity index (χ1) is 8.08. The van der Waals surface area contributed by atoms with Crippen LogP contribution >= 0.6 is 0 Å². The minimum atomic E-state index is -0.470. The van der Waals surface area contributed by atoms with Crippen molar-refractivity contribution in [3.63, 3.8) is 0 Å². The van der Waals surface area contributed by atoms with Crippen LogP contribution in [0.4, 0.5) is 0 Å². The normalized spacial score (nSPS) is 23.8. The van der Waals surface area contributed by atoms with Gasteiger partial charge in [0.1, 0.15) is 5.75 Å². The zero-order valence-electron chi connectivity index (χ0n) is 10.3. The van der Waals surface area contributed by atoms with Gasteiger partial charge in [-0.1, -0.05) is 12.1 Å². The van der Waals surface area contributed by atoms with E-state index in [0.717, 1.165) is 17.5 Å². The maximum atomic E-state index is 10.0. The molecule has 2 atom stereocenters. The SMILES string of the molecule is CC(C)NN[C@@H]1Cc2cccc(O)c2C[C@H]1O. The minimum Gasteiger partial charge on any atom is -0.508 e. The van der Waals surface area contributed by atoms with E-state index in [-0.39, 0.29) is 11.8 Å². The molecule has 1 aromatic carbocycles. The zero-order valence-corrected chi connectivity index (χ0v) is 10.3. The second-order valence-corrected chi connectivity index (χ2v) is 4.94. The zero-order chi connectivity index (χ0) is 12.4. The molecule has 0 aliphatic heterocycles. The van der Waals surface area contributed by atoms with E-state index < -0.39 is 6.10 Å². The van der Waals surface area contributed by atoms with E-state index in [4.69, 9.17) is 0 Å². The number of hydrazine groups is 1. The maximum absolute atomic E-state index is 10.0. The van der Waals surface area contributed by atoms with Gasteiger partial charge in [0.05, 0.1) is 12.1 Å². The quantitative estimate of drug-likeness (QED) is 0.584. The van der Waals surface area contributed by atoms with E-state index >= 15 is 0 Å². The number of rotatable bonds is 3. The molecule has 94 valence electrons. The molecule has 0 spiro atoms. The number of fused-ring (bicyclic) bond motifs is 1. The average Bonchev–Trinajstić information content (AvgIpc) is 2.28. The van der Waals surface area contributed by atoms with Crippen LogP contribution in [-0.2, 0) is 12.8 Å². The van der Waals surface area contributed by atoms with Crippen LogP contribution in [0.2, 0.25) is 0 Å². The molecule has 1 aromatic rings. The second-order valence-electron chi connectivity index (χ2n) is 4.94. The van der Waals surface area contributed by atoms with Gasteiger partial charge in [0.15, 0.2) is 0 Å². The van der Waals surface area contributed by atoms with E-state index in [2.05, 4.69) is 10.9 Å². The Labute approximate surface area is 102 Å². The Morgan fingerprint density at radius 3 is 2.76 bits per heavy atom. The molecule has 4 nitrogen and oxygen atoms in total. The predicted octanol–water partition coefficient (Wildman–Crippen LogP) is 0.723. The van der Waals surface area contributed by atoms with E-state index in [0.29, 0.717) is 12.5 Å². The van der Waals surface area contributed by atoms with Crippen LogP contribution in [0.5, 0.6) is 5.75 Å². The van der Waals surface area contributed by atoms with E-state index in [1.165, 1.54) is 0 Å². The molecule has 0 unspecified atom stereocenters. The number of hydrogen-bond donors (Lipinski definition) is 4. The van der Waals surface area contributed by atoms with E-state index in [9.17, 15) is 10.2 Å². The van der Waals surface area contributed by atoms with Crippen molar-refractivity contribution in [1.29, 1.82) is 0 Å². The Morgan fingerprint density at radius 2 is 2.06 bits per heavy atom. The molecule has 0 saturated carbocycles. The van der Waals surface area contributed by atoms with Gasteiger partial charge in [-0.05, 0) is 37.5 Å². The number of aromatic hydroxyl groups is 1. The van der Waals surface area contributed by atoms with Gasteiger partial charge in [0.25, 0.3) is 0 Å². The first kappa shape index (κ1) is 12.4. The van der Waals surface area contributed by atoms with Crippen molar-refractivity contribution in [2.24, 2.45) is 0 Å². The highest BCUT2D eigenvalue weighted by atomic mass is 16.3. The average molecular weight is 236 g/mol. The van der Waals surface area contributed by atoms with Gasteiger partial charge < -0.3 is 10.2 Å². The summed E-state index contributed by atoms with van der Waals surface area (Å²) in [5.74, 6) is 0.289. The summed E-state index contributed by atoms with van der Waals surface area (Å²) in [6, 6.07) is 5.84. The molecule has 2 rings (SSSR count). The third-order valence-corrected chi connectivity index (χ3v) is 3.12. The van der Waals surface area contributed by atoms with E-state index in [1.54, 1.807) is 6.07 Å². The van der Waals surface area contributed by atoms with Gasteiger partial charge >= 0.3 is 0 Å². The maximum Gasteiger partial charge on any atom is 0.119 e.